The van der Waals surface area contributed by atoms with Crippen LogP contribution in [-0.4, -0.2) is 29.4 Å². The van der Waals surface area contributed by atoms with Gasteiger partial charge in [-0.05, 0) is 18.4 Å². The molecule has 0 radical (unpaired) electrons. The second-order valence-corrected chi connectivity index (χ2v) is 4.50. The first kappa shape index (κ1) is 12.6. The van der Waals surface area contributed by atoms with Crippen molar-refractivity contribution >= 4 is 22.5 Å². The van der Waals surface area contributed by atoms with Crippen molar-refractivity contribution in [1.82, 2.24) is 4.98 Å². The van der Waals surface area contributed by atoms with Crippen LogP contribution in [0.1, 0.15) is 19.0 Å². The van der Waals surface area contributed by atoms with E-state index in [1.54, 1.807) is 13.1 Å². The van der Waals surface area contributed by atoms with E-state index in [0.29, 0.717) is 18.7 Å². The van der Waals surface area contributed by atoms with Gasteiger partial charge in [-0.1, -0.05) is 29.4 Å². The highest BCUT2D eigenvalue weighted by Gasteiger charge is 2.30. The van der Waals surface area contributed by atoms with Gasteiger partial charge in [0.1, 0.15) is 5.71 Å². The largest absolute Gasteiger partial charge is 0.463 e. The van der Waals surface area contributed by atoms with E-state index in [-0.39, 0.29) is 5.97 Å². The van der Waals surface area contributed by atoms with E-state index in [9.17, 15) is 4.79 Å². The van der Waals surface area contributed by atoms with E-state index in [0.717, 1.165) is 16.5 Å². The maximum atomic E-state index is 11.6. The fraction of sp³-hybridized carbons (Fsp3) is 0.267. The van der Waals surface area contributed by atoms with Gasteiger partial charge in [-0.2, -0.15) is 0 Å². The lowest BCUT2D eigenvalue weighted by Gasteiger charge is -2.06. The van der Waals surface area contributed by atoms with Gasteiger partial charge in [0.15, 0.2) is 0 Å². The minimum Gasteiger partial charge on any atom is -0.463 e. The maximum absolute atomic E-state index is 11.6. The summed E-state index contributed by atoms with van der Waals surface area (Å²) in [5.41, 5.74) is 1.41. The van der Waals surface area contributed by atoms with E-state index < -0.39 is 6.10 Å². The zero-order valence-electron chi connectivity index (χ0n) is 11.1. The molecular formula is C15H14N2O3. The molecule has 3 rings (SSSR count). The molecule has 0 N–H and O–H groups in total. The van der Waals surface area contributed by atoms with E-state index in [1.165, 1.54) is 0 Å². The van der Waals surface area contributed by atoms with Crippen LogP contribution < -0.4 is 0 Å². The van der Waals surface area contributed by atoms with E-state index in [2.05, 4.69) is 10.1 Å². The van der Waals surface area contributed by atoms with Gasteiger partial charge in [-0.3, -0.25) is 4.98 Å². The number of nitrogens with zero attached hydrogens (tertiary/aromatic N) is 2. The second kappa shape index (κ2) is 5.28. The minimum absolute atomic E-state index is 0.336. The number of ether oxygens (including phenoxy) is 1. The molecule has 2 heterocycles. The summed E-state index contributed by atoms with van der Waals surface area (Å²) in [6, 6.07) is 9.91. The highest BCUT2D eigenvalue weighted by atomic mass is 16.7. The third-order valence-electron chi connectivity index (χ3n) is 3.14. The lowest BCUT2D eigenvalue weighted by molar-refractivity contribution is -0.154. The van der Waals surface area contributed by atoms with Gasteiger partial charge in [0, 0.05) is 18.0 Å². The van der Waals surface area contributed by atoms with Crippen LogP contribution in [0.3, 0.4) is 0 Å². The number of rotatable bonds is 3. The molecule has 1 atom stereocenters. The zero-order chi connectivity index (χ0) is 13.9. The quantitative estimate of drug-likeness (QED) is 0.803. The Labute approximate surface area is 116 Å². The van der Waals surface area contributed by atoms with Gasteiger partial charge < -0.3 is 9.57 Å². The van der Waals surface area contributed by atoms with Crippen LogP contribution in [0, 0.1) is 0 Å². The molecule has 1 aliphatic rings. The third kappa shape index (κ3) is 2.34. The molecule has 0 fully saturated rings. The molecule has 0 saturated carbocycles. The molecule has 2 aromatic rings. The van der Waals surface area contributed by atoms with Crippen LogP contribution in [0.4, 0.5) is 0 Å². The monoisotopic (exact) mass is 270 g/mol. The SMILES string of the molecule is CCOC(=O)C1CC(c2cc3ccccc3cn2)=NO1. The molecule has 0 bridgehead atoms. The molecule has 5 nitrogen and oxygen atoms in total. The predicted molar refractivity (Wildman–Crippen MR) is 74.4 cm³/mol. The van der Waals surface area contributed by atoms with E-state index in [1.807, 2.05) is 30.3 Å². The average Bonchev–Trinajstić information content (AvgIpc) is 2.97. The van der Waals surface area contributed by atoms with Crippen molar-refractivity contribution < 1.29 is 14.4 Å². The van der Waals surface area contributed by atoms with Crippen molar-refractivity contribution in [2.75, 3.05) is 6.61 Å². The fourth-order valence-corrected chi connectivity index (χ4v) is 2.13. The highest BCUT2D eigenvalue weighted by molar-refractivity contribution is 6.04. The van der Waals surface area contributed by atoms with Crippen LogP contribution in [0.2, 0.25) is 0 Å². The number of hydrogen-bond acceptors (Lipinski definition) is 5. The fourth-order valence-electron chi connectivity index (χ4n) is 2.13. The van der Waals surface area contributed by atoms with Crippen molar-refractivity contribution in [1.29, 1.82) is 0 Å². The van der Waals surface area contributed by atoms with Crippen molar-refractivity contribution in [2.45, 2.75) is 19.4 Å². The Morgan fingerprint density at radius 2 is 2.20 bits per heavy atom. The Balaban J connectivity index is 1.81. The lowest BCUT2D eigenvalue weighted by Crippen LogP contribution is -2.23. The van der Waals surface area contributed by atoms with Gasteiger partial charge in [0.25, 0.3) is 0 Å². The Kier molecular flexibility index (Phi) is 3.33. The summed E-state index contributed by atoms with van der Waals surface area (Å²) in [6.07, 6.45) is 1.54. The number of hydrogen-bond donors (Lipinski definition) is 0. The van der Waals surface area contributed by atoms with Gasteiger partial charge in [0.2, 0.25) is 6.10 Å². The van der Waals surface area contributed by atoms with Gasteiger partial charge in [-0.25, -0.2) is 4.79 Å². The molecule has 1 unspecified atom stereocenters. The minimum atomic E-state index is -0.654. The molecule has 20 heavy (non-hydrogen) atoms. The molecular weight excluding hydrogens is 256 g/mol. The Hall–Kier alpha value is -2.43. The molecule has 0 aliphatic carbocycles. The normalized spacial score (nSPS) is 17.6. The molecule has 1 aromatic carbocycles. The Morgan fingerprint density at radius 1 is 1.40 bits per heavy atom. The number of pyridine rings is 1. The molecule has 5 heteroatoms. The number of fused-ring (bicyclic) bond motifs is 1. The van der Waals surface area contributed by atoms with Crippen LogP contribution in [0.15, 0.2) is 41.7 Å². The molecule has 1 aliphatic heterocycles. The number of carbonyl (C=O) groups excluding carboxylic acids is 1. The highest BCUT2D eigenvalue weighted by Crippen LogP contribution is 2.20. The summed E-state index contributed by atoms with van der Waals surface area (Å²) >= 11 is 0. The summed E-state index contributed by atoms with van der Waals surface area (Å²) in [4.78, 5) is 21.1. The van der Waals surface area contributed by atoms with Crippen LogP contribution in [0.25, 0.3) is 10.8 Å². The zero-order valence-corrected chi connectivity index (χ0v) is 11.1. The Morgan fingerprint density at radius 3 is 3.00 bits per heavy atom. The average molecular weight is 270 g/mol. The molecule has 0 saturated heterocycles. The van der Waals surface area contributed by atoms with Crippen LogP contribution >= 0.6 is 0 Å². The summed E-state index contributed by atoms with van der Waals surface area (Å²) in [6.45, 7) is 2.10. The first-order valence-corrected chi connectivity index (χ1v) is 6.52. The van der Waals surface area contributed by atoms with Gasteiger partial charge >= 0.3 is 5.97 Å². The topological polar surface area (TPSA) is 60.8 Å². The number of esters is 1. The number of carbonyl (C=O) groups is 1. The second-order valence-electron chi connectivity index (χ2n) is 4.50. The number of aromatic nitrogens is 1. The number of oxime groups is 1. The van der Waals surface area contributed by atoms with Crippen molar-refractivity contribution in [3.05, 3.63) is 42.2 Å². The van der Waals surface area contributed by atoms with Gasteiger partial charge in [0.05, 0.1) is 12.3 Å². The molecule has 1 aromatic heterocycles. The summed E-state index contributed by atoms with van der Waals surface area (Å²) in [5.74, 6) is -0.382. The smallest absolute Gasteiger partial charge is 0.350 e. The van der Waals surface area contributed by atoms with E-state index >= 15 is 0 Å². The third-order valence-corrected chi connectivity index (χ3v) is 3.14. The summed E-state index contributed by atoms with van der Waals surface area (Å²) < 4.78 is 4.92. The van der Waals surface area contributed by atoms with Crippen molar-refractivity contribution in [2.24, 2.45) is 5.16 Å². The summed E-state index contributed by atoms with van der Waals surface area (Å²) in [5, 5.41) is 6.10. The van der Waals surface area contributed by atoms with E-state index in [4.69, 9.17) is 9.57 Å². The predicted octanol–water partition coefficient (Wildman–Crippen LogP) is 2.29. The molecule has 102 valence electrons. The standard InChI is InChI=1S/C15H14N2O3/c1-2-19-15(18)14-8-13(17-20-14)12-7-10-5-3-4-6-11(10)9-16-12/h3-7,9,14H,2,8H2,1H3. The van der Waals surface area contributed by atoms with Crippen molar-refractivity contribution in [3.63, 3.8) is 0 Å². The number of benzene rings is 1. The molecule has 0 amide bonds. The first-order valence-electron chi connectivity index (χ1n) is 6.52. The summed E-state index contributed by atoms with van der Waals surface area (Å²) in [7, 11) is 0. The lowest BCUT2D eigenvalue weighted by atomic mass is 10.1. The van der Waals surface area contributed by atoms with Gasteiger partial charge in [-0.15, -0.1) is 0 Å². The van der Waals surface area contributed by atoms with Crippen molar-refractivity contribution in [3.8, 4) is 0 Å². The van der Waals surface area contributed by atoms with Crippen LogP contribution in [-0.2, 0) is 14.4 Å². The molecule has 0 spiro atoms. The maximum Gasteiger partial charge on any atom is 0.350 e. The first-order chi connectivity index (χ1) is 9.78. The Bertz CT molecular complexity index is 682. The van der Waals surface area contributed by atoms with Crippen LogP contribution in [0.5, 0.6) is 0 Å².